The predicted molar refractivity (Wildman–Crippen MR) is 77.8 cm³/mol. The van der Waals surface area contributed by atoms with Crippen LogP contribution in [0.2, 0.25) is 0 Å². The molecule has 1 aromatic carbocycles. The number of aliphatic imine (C=N–C) groups is 1. The van der Waals surface area contributed by atoms with Gasteiger partial charge in [0.1, 0.15) is 0 Å². The van der Waals surface area contributed by atoms with Gasteiger partial charge in [0.2, 0.25) is 5.90 Å². The number of rotatable bonds is 5. The van der Waals surface area contributed by atoms with Crippen LogP contribution in [0.5, 0.6) is 0 Å². The minimum atomic E-state index is 0.761. The summed E-state index contributed by atoms with van der Waals surface area (Å²) in [6.07, 6.45) is 0. The molecule has 0 aliphatic heterocycles. The molecule has 0 saturated heterocycles. The van der Waals surface area contributed by atoms with Gasteiger partial charge in [-0.3, -0.25) is 4.90 Å². The Morgan fingerprint density at radius 3 is 2.17 bits per heavy atom. The average Bonchev–Trinajstić information content (AvgIpc) is 2.38. The van der Waals surface area contributed by atoms with Gasteiger partial charge in [0, 0.05) is 0 Å². The highest BCUT2D eigenvalue weighted by Gasteiger charge is 2.08. The molecule has 100 valence electrons. The molecule has 0 radical (unpaired) electrons. The lowest BCUT2D eigenvalue weighted by molar-refractivity contribution is 0.304. The third-order valence-corrected chi connectivity index (χ3v) is 3.16. The van der Waals surface area contributed by atoms with Crippen LogP contribution >= 0.6 is 0 Å². The quantitative estimate of drug-likeness (QED) is 0.590. The summed E-state index contributed by atoms with van der Waals surface area (Å²) >= 11 is 0. The highest BCUT2D eigenvalue weighted by Crippen LogP contribution is 2.23. The fourth-order valence-electron chi connectivity index (χ4n) is 1.89. The highest BCUT2D eigenvalue weighted by atomic mass is 16.5. The van der Waals surface area contributed by atoms with Gasteiger partial charge in [-0.15, -0.1) is 0 Å². The Balaban J connectivity index is 2.97. The van der Waals surface area contributed by atoms with E-state index in [1.807, 2.05) is 0 Å². The molecular weight excluding hydrogens is 224 g/mol. The van der Waals surface area contributed by atoms with Crippen molar-refractivity contribution in [2.45, 2.75) is 27.7 Å². The lowest BCUT2D eigenvalue weighted by Gasteiger charge is -2.18. The maximum atomic E-state index is 5.41. The summed E-state index contributed by atoms with van der Waals surface area (Å²) in [4.78, 5) is 6.95. The van der Waals surface area contributed by atoms with Crippen molar-refractivity contribution in [3.8, 4) is 0 Å². The molecule has 0 saturated carbocycles. The summed E-state index contributed by atoms with van der Waals surface area (Å²) in [5.74, 6) is 0.774. The average molecular weight is 248 g/mol. The molecule has 0 heterocycles. The van der Waals surface area contributed by atoms with E-state index in [1.54, 1.807) is 7.11 Å². The summed E-state index contributed by atoms with van der Waals surface area (Å²) in [6.45, 7) is 11.2. The molecule has 3 nitrogen and oxygen atoms in total. The molecule has 0 aliphatic carbocycles. The fraction of sp³-hybridized carbons (Fsp3) is 0.533. The Hall–Kier alpha value is -1.35. The van der Waals surface area contributed by atoms with Crippen LogP contribution in [-0.4, -0.2) is 37.5 Å². The smallest absolute Gasteiger partial charge is 0.202 e. The zero-order valence-corrected chi connectivity index (χ0v) is 12.2. The van der Waals surface area contributed by atoms with E-state index in [0.29, 0.717) is 0 Å². The molecule has 0 spiro atoms. The number of hydrogen-bond donors (Lipinski definition) is 0. The van der Waals surface area contributed by atoms with Crippen molar-refractivity contribution in [2.75, 3.05) is 26.7 Å². The van der Waals surface area contributed by atoms with Gasteiger partial charge in [-0.1, -0.05) is 32.0 Å². The summed E-state index contributed by atoms with van der Waals surface area (Å²) in [5.41, 5.74) is 3.40. The van der Waals surface area contributed by atoms with Crippen LogP contribution in [0.1, 0.15) is 25.0 Å². The predicted octanol–water partition coefficient (Wildman–Crippen LogP) is 3.32. The van der Waals surface area contributed by atoms with E-state index >= 15 is 0 Å². The number of ether oxygens (including phenoxy) is 1. The van der Waals surface area contributed by atoms with Crippen LogP contribution in [0, 0.1) is 13.8 Å². The number of likely N-dealkylation sites (N-methyl/N-ethyl adjacent to an activating group) is 1. The molecule has 0 aromatic heterocycles. The first-order valence-electron chi connectivity index (χ1n) is 6.52. The second-order valence-corrected chi connectivity index (χ2v) is 4.41. The first-order valence-corrected chi connectivity index (χ1v) is 6.52. The van der Waals surface area contributed by atoms with Crippen LogP contribution in [0.3, 0.4) is 0 Å². The van der Waals surface area contributed by atoms with Crippen molar-refractivity contribution in [1.29, 1.82) is 0 Å². The Morgan fingerprint density at radius 2 is 1.72 bits per heavy atom. The van der Waals surface area contributed by atoms with Gasteiger partial charge < -0.3 is 4.74 Å². The standard InChI is InChI=1S/C15H24N2O/c1-6-17(7-2)11-14(18-5)16-15-12(3)9-8-10-13(15)4/h8-10H,6-7,11H2,1-5H3/b16-14+. The van der Waals surface area contributed by atoms with Crippen LogP contribution in [-0.2, 0) is 4.74 Å². The molecule has 0 aliphatic rings. The first kappa shape index (κ1) is 14.7. The van der Waals surface area contributed by atoms with Crippen molar-refractivity contribution in [1.82, 2.24) is 4.90 Å². The van der Waals surface area contributed by atoms with E-state index in [4.69, 9.17) is 4.74 Å². The zero-order chi connectivity index (χ0) is 13.5. The molecule has 18 heavy (non-hydrogen) atoms. The van der Waals surface area contributed by atoms with Crippen LogP contribution < -0.4 is 0 Å². The minimum Gasteiger partial charge on any atom is -0.483 e. The molecule has 0 fully saturated rings. The zero-order valence-electron chi connectivity index (χ0n) is 12.2. The van der Waals surface area contributed by atoms with Gasteiger partial charge in [-0.05, 0) is 38.1 Å². The minimum absolute atomic E-state index is 0.761. The summed E-state index contributed by atoms with van der Waals surface area (Å²) < 4.78 is 5.41. The van der Waals surface area contributed by atoms with E-state index < -0.39 is 0 Å². The van der Waals surface area contributed by atoms with Gasteiger partial charge in [0.05, 0.1) is 19.3 Å². The second-order valence-electron chi connectivity index (χ2n) is 4.41. The molecule has 0 bridgehead atoms. The maximum absolute atomic E-state index is 5.41. The summed E-state index contributed by atoms with van der Waals surface area (Å²) in [5, 5.41) is 0. The van der Waals surface area contributed by atoms with Crippen molar-refractivity contribution >= 4 is 11.6 Å². The number of para-hydroxylation sites is 1. The molecule has 1 aromatic rings. The summed E-state index contributed by atoms with van der Waals surface area (Å²) in [7, 11) is 1.69. The normalized spacial score (nSPS) is 12.0. The monoisotopic (exact) mass is 248 g/mol. The second kappa shape index (κ2) is 7.17. The first-order chi connectivity index (χ1) is 8.62. The number of nitrogens with zero attached hydrogens (tertiary/aromatic N) is 2. The van der Waals surface area contributed by atoms with E-state index in [9.17, 15) is 0 Å². The third-order valence-electron chi connectivity index (χ3n) is 3.16. The highest BCUT2D eigenvalue weighted by molar-refractivity contribution is 5.82. The van der Waals surface area contributed by atoms with Crippen LogP contribution in [0.25, 0.3) is 0 Å². The number of hydrogen-bond acceptors (Lipinski definition) is 3. The maximum Gasteiger partial charge on any atom is 0.202 e. The van der Waals surface area contributed by atoms with Crippen molar-refractivity contribution in [3.05, 3.63) is 29.3 Å². The fourth-order valence-corrected chi connectivity index (χ4v) is 1.89. The lowest BCUT2D eigenvalue weighted by atomic mass is 10.1. The molecule has 3 heteroatoms. The van der Waals surface area contributed by atoms with E-state index in [2.05, 4.69) is 55.8 Å². The van der Waals surface area contributed by atoms with Crippen molar-refractivity contribution < 1.29 is 4.74 Å². The van der Waals surface area contributed by atoms with Crippen LogP contribution in [0.4, 0.5) is 5.69 Å². The van der Waals surface area contributed by atoms with E-state index in [-0.39, 0.29) is 0 Å². The van der Waals surface area contributed by atoms with Gasteiger partial charge in [-0.2, -0.15) is 0 Å². The largest absolute Gasteiger partial charge is 0.483 e. The third kappa shape index (κ3) is 3.84. The van der Waals surface area contributed by atoms with Crippen molar-refractivity contribution in [3.63, 3.8) is 0 Å². The topological polar surface area (TPSA) is 24.8 Å². The van der Waals surface area contributed by atoms with E-state index in [1.165, 1.54) is 11.1 Å². The van der Waals surface area contributed by atoms with E-state index in [0.717, 1.165) is 31.2 Å². The molecule has 0 amide bonds. The Bertz CT molecular complexity index is 389. The molecule has 0 unspecified atom stereocenters. The molecule has 0 N–H and O–H groups in total. The molecular formula is C15H24N2O. The van der Waals surface area contributed by atoms with Crippen LogP contribution in [0.15, 0.2) is 23.2 Å². The van der Waals surface area contributed by atoms with Gasteiger partial charge in [0.15, 0.2) is 0 Å². The number of benzene rings is 1. The molecule has 0 atom stereocenters. The lowest BCUT2D eigenvalue weighted by Crippen LogP contribution is -2.30. The van der Waals surface area contributed by atoms with Crippen molar-refractivity contribution in [2.24, 2.45) is 4.99 Å². The Morgan fingerprint density at radius 1 is 1.17 bits per heavy atom. The number of aryl methyl sites for hydroxylation is 2. The Kier molecular flexibility index (Phi) is 5.86. The van der Waals surface area contributed by atoms with Gasteiger partial charge in [0.25, 0.3) is 0 Å². The van der Waals surface area contributed by atoms with Gasteiger partial charge >= 0.3 is 0 Å². The SMILES string of the molecule is CCN(CC)C/C(=N\c1c(C)cccc1C)OC. The number of methoxy groups -OCH3 is 1. The summed E-state index contributed by atoms with van der Waals surface area (Å²) in [6, 6.07) is 6.22. The molecule has 1 rings (SSSR count). The Labute approximate surface area is 110 Å². The van der Waals surface area contributed by atoms with Gasteiger partial charge in [-0.25, -0.2) is 4.99 Å².